The molecule has 0 spiro atoms. The molecule has 3 heteroatoms. The van der Waals surface area contributed by atoms with Crippen LogP contribution in [0.2, 0.25) is 0 Å². The minimum atomic E-state index is -0.228. The second-order valence-corrected chi connectivity index (χ2v) is 4.86. The maximum atomic E-state index is 11.1. The molecule has 88 valence electrons. The number of nitrogens with zero attached hydrogens (tertiary/aromatic N) is 1. The highest BCUT2D eigenvalue weighted by Crippen LogP contribution is 2.15. The second kappa shape index (κ2) is 7.43. The summed E-state index contributed by atoms with van der Waals surface area (Å²) in [5.74, 6) is -0.228. The summed E-state index contributed by atoms with van der Waals surface area (Å²) in [7, 11) is 0. The molecule has 0 fully saturated rings. The van der Waals surface area contributed by atoms with E-state index < -0.39 is 0 Å². The number of unbranched alkanes of at least 4 members (excludes halogenated alkanes) is 1. The van der Waals surface area contributed by atoms with Crippen LogP contribution in [0.3, 0.4) is 0 Å². The molecule has 0 rings (SSSR count). The first-order chi connectivity index (χ1) is 6.95. The van der Waals surface area contributed by atoms with Gasteiger partial charge in [-0.3, -0.25) is 9.79 Å². The van der Waals surface area contributed by atoms with Gasteiger partial charge in [-0.05, 0) is 24.5 Å². The number of ether oxygens (including phenoxy) is 1. The Bertz CT molecular complexity index is 204. The molecule has 3 nitrogen and oxygen atoms in total. The number of esters is 1. The summed E-state index contributed by atoms with van der Waals surface area (Å²) in [4.78, 5) is 15.1. The standard InChI is InChI=1S/C12H23NO2/c1-5-6-9-15-11(14)10-13-8-7-12(2,3)4/h8H,5-7,9-10H2,1-4H3. The van der Waals surface area contributed by atoms with Crippen LogP contribution >= 0.6 is 0 Å². The monoisotopic (exact) mass is 213 g/mol. The van der Waals surface area contributed by atoms with Crippen molar-refractivity contribution in [2.45, 2.75) is 47.0 Å². The molecule has 0 aliphatic rings. The van der Waals surface area contributed by atoms with Crippen molar-refractivity contribution in [3.8, 4) is 0 Å². The van der Waals surface area contributed by atoms with E-state index in [-0.39, 0.29) is 17.9 Å². The van der Waals surface area contributed by atoms with Gasteiger partial charge in [0.25, 0.3) is 0 Å². The zero-order valence-corrected chi connectivity index (χ0v) is 10.4. The van der Waals surface area contributed by atoms with E-state index in [1.165, 1.54) is 0 Å². The third-order valence-electron chi connectivity index (χ3n) is 1.81. The van der Waals surface area contributed by atoms with Crippen LogP contribution < -0.4 is 0 Å². The van der Waals surface area contributed by atoms with Gasteiger partial charge >= 0.3 is 5.97 Å². The fourth-order valence-electron chi connectivity index (χ4n) is 0.853. The molecule has 0 aliphatic heterocycles. The van der Waals surface area contributed by atoms with E-state index in [2.05, 4.69) is 32.7 Å². The lowest BCUT2D eigenvalue weighted by Crippen LogP contribution is -2.10. The van der Waals surface area contributed by atoms with E-state index in [9.17, 15) is 4.79 Å². The molecule has 0 amide bonds. The van der Waals surface area contributed by atoms with Gasteiger partial charge in [0.1, 0.15) is 6.54 Å². The van der Waals surface area contributed by atoms with Gasteiger partial charge in [0, 0.05) is 0 Å². The first kappa shape index (κ1) is 14.1. The first-order valence-corrected chi connectivity index (χ1v) is 5.59. The van der Waals surface area contributed by atoms with Gasteiger partial charge in [-0.2, -0.15) is 0 Å². The Morgan fingerprint density at radius 1 is 1.40 bits per heavy atom. The Kier molecular flexibility index (Phi) is 7.01. The fourth-order valence-corrected chi connectivity index (χ4v) is 0.853. The van der Waals surface area contributed by atoms with Gasteiger partial charge in [-0.25, -0.2) is 0 Å². The average Bonchev–Trinajstić information content (AvgIpc) is 2.11. The lowest BCUT2D eigenvalue weighted by Gasteiger charge is -2.13. The summed E-state index contributed by atoms with van der Waals surface area (Å²) in [6, 6.07) is 0. The van der Waals surface area contributed by atoms with Crippen LogP contribution in [0.15, 0.2) is 4.99 Å². The van der Waals surface area contributed by atoms with Gasteiger partial charge in [0.05, 0.1) is 6.61 Å². The molecule has 0 aromatic carbocycles. The van der Waals surface area contributed by atoms with Crippen molar-refractivity contribution < 1.29 is 9.53 Å². The predicted octanol–water partition coefficient (Wildman–Crippen LogP) is 2.84. The molecular formula is C12H23NO2. The lowest BCUT2D eigenvalue weighted by atomic mass is 9.93. The van der Waals surface area contributed by atoms with Crippen LogP contribution in [0, 0.1) is 5.41 Å². The minimum absolute atomic E-state index is 0.153. The number of carbonyl (C=O) groups is 1. The van der Waals surface area contributed by atoms with E-state index in [0.717, 1.165) is 19.3 Å². The van der Waals surface area contributed by atoms with E-state index >= 15 is 0 Å². The van der Waals surface area contributed by atoms with Crippen molar-refractivity contribution in [1.82, 2.24) is 0 Å². The summed E-state index contributed by atoms with van der Waals surface area (Å²) >= 11 is 0. The van der Waals surface area contributed by atoms with Crippen molar-refractivity contribution in [3.63, 3.8) is 0 Å². The summed E-state index contributed by atoms with van der Waals surface area (Å²) in [5.41, 5.74) is 0.232. The zero-order chi connectivity index (χ0) is 11.7. The van der Waals surface area contributed by atoms with E-state index in [1.54, 1.807) is 6.21 Å². The molecule has 0 aromatic rings. The van der Waals surface area contributed by atoms with Gasteiger partial charge in [-0.15, -0.1) is 0 Å². The van der Waals surface area contributed by atoms with Crippen LogP contribution in [0.5, 0.6) is 0 Å². The maximum Gasteiger partial charge on any atom is 0.327 e. The molecule has 0 heterocycles. The van der Waals surface area contributed by atoms with Gasteiger partial charge < -0.3 is 4.74 Å². The molecule has 0 atom stereocenters. The molecule has 0 N–H and O–H groups in total. The molecule has 0 aliphatic carbocycles. The SMILES string of the molecule is CCCCOC(=O)CN=CCC(C)(C)C. The van der Waals surface area contributed by atoms with Crippen LogP contribution in [-0.4, -0.2) is 25.3 Å². The fraction of sp³-hybridized carbons (Fsp3) is 0.833. The molecule has 0 aromatic heterocycles. The van der Waals surface area contributed by atoms with Crippen molar-refractivity contribution in [2.75, 3.05) is 13.2 Å². The first-order valence-electron chi connectivity index (χ1n) is 5.59. The molecule has 0 unspecified atom stereocenters. The normalized spacial score (nSPS) is 12.0. The van der Waals surface area contributed by atoms with E-state index in [4.69, 9.17) is 4.74 Å². The van der Waals surface area contributed by atoms with Crippen LogP contribution in [0.4, 0.5) is 0 Å². The number of hydrogen-bond acceptors (Lipinski definition) is 3. The van der Waals surface area contributed by atoms with Crippen LogP contribution in [0.25, 0.3) is 0 Å². The van der Waals surface area contributed by atoms with Gasteiger partial charge in [0.15, 0.2) is 0 Å². The third kappa shape index (κ3) is 11.1. The Balaban J connectivity index is 3.53. The number of carbonyl (C=O) groups excluding carboxylic acids is 1. The summed E-state index contributed by atoms with van der Waals surface area (Å²) in [6.07, 6.45) is 4.66. The van der Waals surface area contributed by atoms with Crippen LogP contribution in [-0.2, 0) is 9.53 Å². The lowest BCUT2D eigenvalue weighted by molar-refractivity contribution is -0.141. The maximum absolute atomic E-state index is 11.1. The van der Waals surface area contributed by atoms with Gasteiger partial charge in [-0.1, -0.05) is 34.1 Å². The number of aliphatic imine (C=N–C) groups is 1. The van der Waals surface area contributed by atoms with Crippen molar-refractivity contribution in [1.29, 1.82) is 0 Å². The molecule has 0 saturated carbocycles. The third-order valence-corrected chi connectivity index (χ3v) is 1.81. The largest absolute Gasteiger partial charge is 0.464 e. The second-order valence-electron chi connectivity index (χ2n) is 4.86. The van der Waals surface area contributed by atoms with Crippen LogP contribution in [0.1, 0.15) is 47.0 Å². The number of hydrogen-bond donors (Lipinski definition) is 0. The number of rotatable bonds is 6. The average molecular weight is 213 g/mol. The summed E-state index contributed by atoms with van der Waals surface area (Å²) in [6.45, 7) is 9.15. The quantitative estimate of drug-likeness (QED) is 0.386. The van der Waals surface area contributed by atoms with Crippen molar-refractivity contribution in [2.24, 2.45) is 10.4 Å². The molecule has 0 bridgehead atoms. The van der Waals surface area contributed by atoms with E-state index in [0.29, 0.717) is 6.61 Å². The van der Waals surface area contributed by atoms with Crippen molar-refractivity contribution in [3.05, 3.63) is 0 Å². The smallest absolute Gasteiger partial charge is 0.327 e. The molecule has 0 radical (unpaired) electrons. The van der Waals surface area contributed by atoms with Crippen molar-refractivity contribution >= 4 is 12.2 Å². The Hall–Kier alpha value is -0.860. The predicted molar refractivity (Wildman–Crippen MR) is 63.3 cm³/mol. The Labute approximate surface area is 92.9 Å². The van der Waals surface area contributed by atoms with Gasteiger partial charge in [0.2, 0.25) is 0 Å². The topological polar surface area (TPSA) is 38.7 Å². The summed E-state index contributed by atoms with van der Waals surface area (Å²) in [5, 5.41) is 0. The van der Waals surface area contributed by atoms with E-state index in [1.807, 2.05) is 0 Å². The highest BCUT2D eigenvalue weighted by atomic mass is 16.5. The molecular weight excluding hydrogens is 190 g/mol. The minimum Gasteiger partial charge on any atom is -0.464 e. The molecule has 15 heavy (non-hydrogen) atoms. The molecule has 0 saturated heterocycles. The Morgan fingerprint density at radius 2 is 2.07 bits per heavy atom. The highest BCUT2D eigenvalue weighted by Gasteiger charge is 2.07. The highest BCUT2D eigenvalue weighted by molar-refractivity contribution is 5.74. The summed E-state index contributed by atoms with van der Waals surface area (Å²) < 4.78 is 4.96. The Morgan fingerprint density at radius 3 is 2.60 bits per heavy atom. The zero-order valence-electron chi connectivity index (χ0n) is 10.4.